The first-order valence-corrected chi connectivity index (χ1v) is 8.17. The molecule has 1 aromatic rings. The first-order valence-electron chi connectivity index (χ1n) is 7.79. The predicted octanol–water partition coefficient (Wildman–Crippen LogP) is 2.59. The molecule has 2 saturated heterocycles. The van der Waals surface area contributed by atoms with Crippen LogP contribution in [-0.2, 0) is 0 Å². The molecular formula is C15H19ClN4O3. The molecule has 23 heavy (non-hydrogen) atoms. The summed E-state index contributed by atoms with van der Waals surface area (Å²) in [5, 5.41) is 11.1. The van der Waals surface area contributed by atoms with Crippen LogP contribution in [-0.4, -0.2) is 60.0 Å². The Hall–Kier alpha value is -2.02. The predicted molar refractivity (Wildman–Crippen MR) is 88.1 cm³/mol. The number of likely N-dealkylation sites (tertiary alicyclic amines) is 1. The van der Waals surface area contributed by atoms with Gasteiger partial charge in [0.05, 0.1) is 15.6 Å². The summed E-state index contributed by atoms with van der Waals surface area (Å²) in [5.41, 5.74) is 0.770. The van der Waals surface area contributed by atoms with E-state index in [0.717, 1.165) is 31.6 Å². The minimum absolute atomic E-state index is 0.0124. The maximum Gasteiger partial charge on any atom is 0.320 e. The molecule has 2 fully saturated rings. The second-order valence-electron chi connectivity index (χ2n) is 5.84. The lowest BCUT2D eigenvalue weighted by Crippen LogP contribution is -2.52. The van der Waals surface area contributed by atoms with Crippen LogP contribution < -0.4 is 4.90 Å². The lowest BCUT2D eigenvalue weighted by atomic mass is 10.2. The van der Waals surface area contributed by atoms with E-state index in [0.29, 0.717) is 31.2 Å². The zero-order valence-electron chi connectivity index (χ0n) is 12.8. The first kappa shape index (κ1) is 15.9. The maximum atomic E-state index is 12.4. The molecule has 0 saturated carbocycles. The number of nitro groups is 1. The number of nitro benzene ring substituents is 1. The van der Waals surface area contributed by atoms with Crippen molar-refractivity contribution in [1.29, 1.82) is 0 Å². The molecule has 0 unspecified atom stereocenters. The topological polar surface area (TPSA) is 69.9 Å². The van der Waals surface area contributed by atoms with Gasteiger partial charge in [-0.3, -0.25) is 10.1 Å². The maximum absolute atomic E-state index is 12.4. The Kier molecular flexibility index (Phi) is 4.56. The number of piperazine rings is 1. The van der Waals surface area contributed by atoms with E-state index in [4.69, 9.17) is 11.6 Å². The molecule has 0 aromatic heterocycles. The molecule has 3 rings (SSSR count). The van der Waals surface area contributed by atoms with Crippen molar-refractivity contribution >= 4 is 29.0 Å². The lowest BCUT2D eigenvalue weighted by Gasteiger charge is -2.38. The van der Waals surface area contributed by atoms with E-state index in [1.54, 1.807) is 6.07 Å². The Morgan fingerprint density at radius 2 is 1.65 bits per heavy atom. The van der Waals surface area contributed by atoms with Crippen LogP contribution in [0.25, 0.3) is 0 Å². The highest BCUT2D eigenvalue weighted by Crippen LogP contribution is 2.30. The van der Waals surface area contributed by atoms with Crippen LogP contribution in [0.1, 0.15) is 12.8 Å². The third kappa shape index (κ3) is 3.34. The van der Waals surface area contributed by atoms with Gasteiger partial charge in [0, 0.05) is 51.4 Å². The number of hydrogen-bond acceptors (Lipinski definition) is 4. The fraction of sp³-hybridized carbons (Fsp3) is 0.533. The van der Waals surface area contributed by atoms with Gasteiger partial charge in [-0.15, -0.1) is 0 Å². The van der Waals surface area contributed by atoms with E-state index in [9.17, 15) is 14.9 Å². The van der Waals surface area contributed by atoms with Crippen molar-refractivity contribution in [3.8, 4) is 0 Å². The zero-order chi connectivity index (χ0) is 16.4. The fourth-order valence-electron chi connectivity index (χ4n) is 3.11. The van der Waals surface area contributed by atoms with E-state index in [1.807, 2.05) is 9.80 Å². The first-order chi connectivity index (χ1) is 11.1. The summed E-state index contributed by atoms with van der Waals surface area (Å²) in [6, 6.07) is 4.64. The van der Waals surface area contributed by atoms with E-state index in [-0.39, 0.29) is 11.7 Å². The summed E-state index contributed by atoms with van der Waals surface area (Å²) < 4.78 is 0. The molecule has 0 aliphatic carbocycles. The lowest BCUT2D eigenvalue weighted by molar-refractivity contribution is -0.384. The SMILES string of the molecule is O=C(N1CCCC1)N1CCN(c2ccc([N+](=O)[O-])cc2Cl)CC1. The number of nitrogens with zero attached hydrogens (tertiary/aromatic N) is 4. The molecule has 2 heterocycles. The molecule has 0 spiro atoms. The Labute approximate surface area is 139 Å². The van der Waals surface area contributed by atoms with Gasteiger partial charge in [0.25, 0.3) is 5.69 Å². The number of anilines is 1. The normalized spacial score (nSPS) is 18.4. The van der Waals surface area contributed by atoms with Gasteiger partial charge in [-0.05, 0) is 18.9 Å². The molecule has 2 amide bonds. The number of carbonyl (C=O) groups is 1. The average Bonchev–Trinajstić information content (AvgIpc) is 3.08. The Morgan fingerprint density at radius 3 is 2.22 bits per heavy atom. The molecule has 8 heteroatoms. The monoisotopic (exact) mass is 338 g/mol. The van der Waals surface area contributed by atoms with Crippen molar-refractivity contribution in [3.63, 3.8) is 0 Å². The molecular weight excluding hydrogens is 320 g/mol. The third-order valence-electron chi connectivity index (χ3n) is 4.41. The second-order valence-corrected chi connectivity index (χ2v) is 6.25. The summed E-state index contributed by atoms with van der Waals surface area (Å²) in [6.07, 6.45) is 2.17. The zero-order valence-corrected chi connectivity index (χ0v) is 13.5. The number of hydrogen-bond donors (Lipinski definition) is 0. The summed E-state index contributed by atoms with van der Waals surface area (Å²) in [4.78, 5) is 28.5. The van der Waals surface area contributed by atoms with Crippen molar-refractivity contribution in [1.82, 2.24) is 9.80 Å². The number of urea groups is 1. The molecule has 2 aliphatic rings. The molecule has 2 aliphatic heterocycles. The third-order valence-corrected chi connectivity index (χ3v) is 4.71. The van der Waals surface area contributed by atoms with Crippen molar-refractivity contribution in [2.45, 2.75) is 12.8 Å². The highest BCUT2D eigenvalue weighted by molar-refractivity contribution is 6.33. The van der Waals surface area contributed by atoms with E-state index in [1.165, 1.54) is 12.1 Å². The van der Waals surface area contributed by atoms with Crippen molar-refractivity contribution < 1.29 is 9.72 Å². The van der Waals surface area contributed by atoms with Gasteiger partial charge in [-0.25, -0.2) is 4.79 Å². The van der Waals surface area contributed by atoms with Crippen molar-refractivity contribution in [3.05, 3.63) is 33.3 Å². The highest BCUT2D eigenvalue weighted by Gasteiger charge is 2.27. The van der Waals surface area contributed by atoms with Crippen molar-refractivity contribution in [2.75, 3.05) is 44.2 Å². The molecule has 0 N–H and O–H groups in total. The van der Waals surface area contributed by atoms with Gasteiger partial charge in [0.1, 0.15) is 0 Å². The molecule has 0 atom stereocenters. The molecule has 124 valence electrons. The largest absolute Gasteiger partial charge is 0.367 e. The van der Waals surface area contributed by atoms with Gasteiger partial charge in [0.15, 0.2) is 0 Å². The minimum Gasteiger partial charge on any atom is -0.367 e. The highest BCUT2D eigenvalue weighted by atomic mass is 35.5. The minimum atomic E-state index is -0.456. The van der Waals surface area contributed by atoms with Crippen LogP contribution in [0.5, 0.6) is 0 Å². The van der Waals surface area contributed by atoms with Crippen LogP contribution in [0, 0.1) is 10.1 Å². The summed E-state index contributed by atoms with van der Waals surface area (Å²) in [5.74, 6) is 0. The van der Waals surface area contributed by atoms with Gasteiger partial charge in [-0.1, -0.05) is 11.6 Å². The summed E-state index contributed by atoms with van der Waals surface area (Å²) in [7, 11) is 0. The molecule has 0 bridgehead atoms. The fourth-order valence-corrected chi connectivity index (χ4v) is 3.41. The second kappa shape index (κ2) is 6.62. The Morgan fingerprint density at radius 1 is 1.04 bits per heavy atom. The number of non-ortho nitro benzene ring substituents is 1. The standard InChI is InChI=1S/C15H19ClN4O3/c16-13-11-12(20(22)23)3-4-14(13)17-7-9-19(10-8-17)15(21)18-5-1-2-6-18/h3-4,11H,1-2,5-10H2. The molecule has 0 radical (unpaired) electrons. The van der Waals surface area contributed by atoms with Gasteiger partial charge in [0.2, 0.25) is 0 Å². The number of benzene rings is 1. The van der Waals surface area contributed by atoms with E-state index in [2.05, 4.69) is 4.90 Å². The Balaban J connectivity index is 1.62. The van der Waals surface area contributed by atoms with Crippen LogP contribution >= 0.6 is 11.6 Å². The molecule has 1 aromatic carbocycles. The average molecular weight is 339 g/mol. The number of rotatable bonds is 2. The number of halogens is 1. The quantitative estimate of drug-likeness (QED) is 0.614. The molecule has 7 nitrogen and oxygen atoms in total. The van der Waals surface area contributed by atoms with Crippen LogP contribution in [0.4, 0.5) is 16.2 Å². The van der Waals surface area contributed by atoms with E-state index < -0.39 is 4.92 Å². The van der Waals surface area contributed by atoms with E-state index >= 15 is 0 Å². The van der Waals surface area contributed by atoms with Crippen LogP contribution in [0.15, 0.2) is 18.2 Å². The van der Waals surface area contributed by atoms with Crippen molar-refractivity contribution in [2.24, 2.45) is 0 Å². The van der Waals surface area contributed by atoms with Gasteiger partial charge < -0.3 is 14.7 Å². The number of carbonyl (C=O) groups excluding carboxylic acids is 1. The smallest absolute Gasteiger partial charge is 0.320 e. The van der Waals surface area contributed by atoms with Gasteiger partial charge >= 0.3 is 6.03 Å². The Bertz CT molecular complexity index is 611. The number of amides is 2. The van der Waals surface area contributed by atoms with Gasteiger partial charge in [-0.2, -0.15) is 0 Å². The van der Waals surface area contributed by atoms with Crippen LogP contribution in [0.2, 0.25) is 5.02 Å². The summed E-state index contributed by atoms with van der Waals surface area (Å²) >= 11 is 6.17. The van der Waals surface area contributed by atoms with Crippen LogP contribution in [0.3, 0.4) is 0 Å². The summed E-state index contributed by atoms with van der Waals surface area (Å²) in [6.45, 7) is 4.35.